The Morgan fingerprint density at radius 1 is 1.23 bits per heavy atom. The van der Waals surface area contributed by atoms with Crippen LogP contribution in [-0.4, -0.2) is 47.9 Å². The number of carbonyl (C=O) groups is 2. The van der Waals surface area contributed by atoms with Gasteiger partial charge in [0.15, 0.2) is 0 Å². The van der Waals surface area contributed by atoms with Crippen LogP contribution in [0.2, 0.25) is 0 Å². The highest BCUT2D eigenvalue weighted by Gasteiger charge is 2.41. The molecular weight excluding hydrogens is 333 g/mol. The summed E-state index contributed by atoms with van der Waals surface area (Å²) in [4.78, 5) is 28.1. The molecule has 3 rings (SSSR count). The first kappa shape index (κ1) is 18.4. The molecular formula is C20H26FN3O2. The van der Waals surface area contributed by atoms with Crippen LogP contribution in [0.3, 0.4) is 0 Å². The van der Waals surface area contributed by atoms with Crippen molar-refractivity contribution >= 4 is 11.9 Å². The monoisotopic (exact) mass is 359 g/mol. The predicted octanol–water partition coefficient (Wildman–Crippen LogP) is 2.93. The van der Waals surface area contributed by atoms with E-state index < -0.39 is 0 Å². The molecule has 0 atom stereocenters. The Bertz CT molecular complexity index is 666. The fourth-order valence-corrected chi connectivity index (χ4v) is 3.91. The summed E-state index contributed by atoms with van der Waals surface area (Å²) in [5, 5.41) is 2.90. The molecule has 3 amide bonds. The van der Waals surface area contributed by atoms with Gasteiger partial charge < -0.3 is 15.1 Å². The minimum atomic E-state index is -0.280. The van der Waals surface area contributed by atoms with Gasteiger partial charge in [-0.25, -0.2) is 9.18 Å². The summed E-state index contributed by atoms with van der Waals surface area (Å²) in [6, 6.07) is 6.05. The number of hydrogen-bond acceptors (Lipinski definition) is 2. The van der Waals surface area contributed by atoms with Crippen molar-refractivity contribution < 1.29 is 14.0 Å². The Morgan fingerprint density at radius 2 is 1.92 bits per heavy atom. The lowest BCUT2D eigenvalue weighted by Crippen LogP contribution is -2.53. The molecule has 6 heteroatoms. The van der Waals surface area contributed by atoms with Crippen molar-refractivity contribution in [3.63, 3.8) is 0 Å². The highest BCUT2D eigenvalue weighted by Crippen LogP contribution is 2.40. The summed E-state index contributed by atoms with van der Waals surface area (Å²) < 4.78 is 12.9. The number of carbonyl (C=O) groups excluding carboxylic acids is 2. The summed E-state index contributed by atoms with van der Waals surface area (Å²) in [7, 11) is 0. The van der Waals surface area contributed by atoms with Crippen LogP contribution in [0.5, 0.6) is 0 Å². The predicted molar refractivity (Wildman–Crippen MR) is 97.9 cm³/mol. The standard InChI is InChI=1S/C20H26FN3O2/c1-2-11-24-15-20(8-7-18(24)25)9-12-23(13-10-20)19(26)22-14-16-3-5-17(21)6-4-16/h2-6H,1,7-15H2,(H,22,26). The average Bonchev–Trinajstić information content (AvgIpc) is 2.65. The summed E-state index contributed by atoms with van der Waals surface area (Å²) in [5.74, 6) is -0.0761. The molecule has 0 bridgehead atoms. The Morgan fingerprint density at radius 3 is 2.58 bits per heavy atom. The Kier molecular flexibility index (Phi) is 5.59. The van der Waals surface area contributed by atoms with Crippen LogP contribution >= 0.6 is 0 Å². The second kappa shape index (κ2) is 7.89. The zero-order chi connectivity index (χ0) is 18.6. The van der Waals surface area contributed by atoms with Gasteiger partial charge in [0.05, 0.1) is 0 Å². The Hall–Kier alpha value is -2.37. The van der Waals surface area contributed by atoms with Gasteiger partial charge in [0.25, 0.3) is 0 Å². The highest BCUT2D eigenvalue weighted by molar-refractivity contribution is 5.77. The van der Waals surface area contributed by atoms with Crippen LogP contribution in [0.25, 0.3) is 0 Å². The molecule has 0 aliphatic carbocycles. The van der Waals surface area contributed by atoms with Crippen molar-refractivity contribution in [3.05, 3.63) is 48.3 Å². The SMILES string of the molecule is C=CCN1CC2(CCC1=O)CCN(C(=O)NCc1ccc(F)cc1)CC2. The minimum absolute atomic E-state index is 0.0843. The van der Waals surface area contributed by atoms with Crippen molar-refractivity contribution in [2.24, 2.45) is 5.41 Å². The molecule has 2 saturated heterocycles. The molecule has 140 valence electrons. The molecule has 0 saturated carbocycles. The second-order valence-electron chi connectivity index (χ2n) is 7.34. The topological polar surface area (TPSA) is 52.7 Å². The van der Waals surface area contributed by atoms with Crippen molar-refractivity contribution in [1.29, 1.82) is 0 Å². The van der Waals surface area contributed by atoms with Gasteiger partial charge in [0.2, 0.25) is 5.91 Å². The number of nitrogens with zero attached hydrogens (tertiary/aromatic N) is 2. The first-order chi connectivity index (χ1) is 12.5. The first-order valence-electron chi connectivity index (χ1n) is 9.17. The normalized spacial score (nSPS) is 19.5. The van der Waals surface area contributed by atoms with Crippen LogP contribution in [0.4, 0.5) is 9.18 Å². The summed E-state index contributed by atoms with van der Waals surface area (Å²) >= 11 is 0. The molecule has 1 aromatic carbocycles. The molecule has 2 aliphatic rings. The van der Waals surface area contributed by atoms with Crippen LogP contribution in [0.1, 0.15) is 31.2 Å². The van der Waals surface area contributed by atoms with Gasteiger partial charge in [-0.15, -0.1) is 6.58 Å². The Balaban J connectivity index is 1.49. The lowest BCUT2D eigenvalue weighted by atomic mass is 9.72. The van der Waals surface area contributed by atoms with E-state index in [0.717, 1.165) is 31.4 Å². The molecule has 2 fully saturated rings. The number of piperidine rings is 2. The zero-order valence-electron chi connectivity index (χ0n) is 15.0. The van der Waals surface area contributed by atoms with Crippen molar-refractivity contribution in [2.45, 2.75) is 32.2 Å². The second-order valence-corrected chi connectivity index (χ2v) is 7.34. The molecule has 1 N–H and O–H groups in total. The largest absolute Gasteiger partial charge is 0.338 e. The molecule has 0 unspecified atom stereocenters. The number of urea groups is 1. The summed E-state index contributed by atoms with van der Waals surface area (Å²) in [5.41, 5.74) is 1.00. The fraction of sp³-hybridized carbons (Fsp3) is 0.500. The van der Waals surface area contributed by atoms with Crippen LogP contribution < -0.4 is 5.32 Å². The summed E-state index contributed by atoms with van der Waals surface area (Å²) in [6.45, 7) is 6.89. The van der Waals surface area contributed by atoms with Gasteiger partial charge in [-0.2, -0.15) is 0 Å². The van der Waals surface area contributed by atoms with E-state index in [1.165, 1.54) is 12.1 Å². The molecule has 2 aliphatic heterocycles. The minimum Gasteiger partial charge on any atom is -0.338 e. The Labute approximate surface area is 153 Å². The maximum Gasteiger partial charge on any atom is 0.317 e. The molecule has 5 nitrogen and oxygen atoms in total. The van der Waals surface area contributed by atoms with Crippen LogP contribution in [0, 0.1) is 11.2 Å². The lowest BCUT2D eigenvalue weighted by molar-refractivity contribution is -0.138. The van der Waals surface area contributed by atoms with Gasteiger partial charge in [0.1, 0.15) is 5.82 Å². The van der Waals surface area contributed by atoms with Gasteiger partial charge in [-0.3, -0.25) is 4.79 Å². The van der Waals surface area contributed by atoms with E-state index in [0.29, 0.717) is 32.6 Å². The van der Waals surface area contributed by atoms with Crippen LogP contribution in [-0.2, 0) is 11.3 Å². The maximum absolute atomic E-state index is 12.9. The molecule has 0 aromatic heterocycles. The molecule has 2 heterocycles. The number of rotatable bonds is 4. The van der Waals surface area contributed by atoms with Gasteiger partial charge in [-0.1, -0.05) is 18.2 Å². The first-order valence-corrected chi connectivity index (χ1v) is 9.17. The molecule has 26 heavy (non-hydrogen) atoms. The molecule has 1 spiro atoms. The van der Waals surface area contributed by atoms with E-state index in [4.69, 9.17) is 0 Å². The van der Waals surface area contributed by atoms with E-state index in [-0.39, 0.29) is 23.2 Å². The van der Waals surface area contributed by atoms with Crippen molar-refractivity contribution in [2.75, 3.05) is 26.2 Å². The number of halogens is 1. The van der Waals surface area contributed by atoms with Gasteiger partial charge in [-0.05, 0) is 42.4 Å². The highest BCUT2D eigenvalue weighted by atomic mass is 19.1. The zero-order valence-corrected chi connectivity index (χ0v) is 15.0. The van der Waals surface area contributed by atoms with E-state index in [1.54, 1.807) is 18.2 Å². The fourth-order valence-electron chi connectivity index (χ4n) is 3.91. The molecule has 1 aromatic rings. The van der Waals surface area contributed by atoms with Gasteiger partial charge in [0, 0.05) is 39.1 Å². The van der Waals surface area contributed by atoms with E-state index in [1.807, 2.05) is 9.80 Å². The number of hydrogen-bond donors (Lipinski definition) is 1. The maximum atomic E-state index is 12.9. The van der Waals surface area contributed by atoms with E-state index >= 15 is 0 Å². The molecule has 0 radical (unpaired) electrons. The smallest absolute Gasteiger partial charge is 0.317 e. The van der Waals surface area contributed by atoms with E-state index in [9.17, 15) is 14.0 Å². The van der Waals surface area contributed by atoms with Crippen LogP contribution in [0.15, 0.2) is 36.9 Å². The van der Waals surface area contributed by atoms with Crippen molar-refractivity contribution in [3.8, 4) is 0 Å². The number of likely N-dealkylation sites (tertiary alicyclic amines) is 2. The van der Waals surface area contributed by atoms with Crippen molar-refractivity contribution in [1.82, 2.24) is 15.1 Å². The lowest BCUT2D eigenvalue weighted by Gasteiger charge is -2.47. The van der Waals surface area contributed by atoms with Gasteiger partial charge >= 0.3 is 6.03 Å². The third kappa shape index (κ3) is 4.23. The quantitative estimate of drug-likeness (QED) is 0.841. The number of nitrogens with one attached hydrogen (secondary N) is 1. The number of benzene rings is 1. The number of amides is 3. The summed E-state index contributed by atoms with van der Waals surface area (Å²) in [6.07, 6.45) is 5.10. The third-order valence-corrected chi connectivity index (χ3v) is 5.57. The van der Waals surface area contributed by atoms with E-state index in [2.05, 4.69) is 11.9 Å². The average molecular weight is 359 g/mol. The third-order valence-electron chi connectivity index (χ3n) is 5.57.